The van der Waals surface area contributed by atoms with Crippen molar-refractivity contribution in [1.29, 1.82) is 0 Å². The number of benzene rings is 1. The third-order valence-electron chi connectivity index (χ3n) is 2.79. The molecule has 0 atom stereocenters. The van der Waals surface area contributed by atoms with E-state index in [1.807, 2.05) is 25.1 Å². The van der Waals surface area contributed by atoms with Crippen LogP contribution in [0.25, 0.3) is 0 Å². The number of aryl methyl sites for hydroxylation is 1. The number of carbonyl (C=O) groups is 1. The van der Waals surface area contributed by atoms with Crippen LogP contribution in [-0.4, -0.2) is 18.2 Å². The molecule has 2 aromatic rings. The van der Waals surface area contributed by atoms with Crippen LogP contribution in [0.4, 0.5) is 5.69 Å². The van der Waals surface area contributed by atoms with Gasteiger partial charge in [0, 0.05) is 22.5 Å². The first-order valence-corrected chi connectivity index (χ1v) is 6.67. The van der Waals surface area contributed by atoms with Gasteiger partial charge in [-0.15, -0.1) is 11.3 Å². The van der Waals surface area contributed by atoms with Gasteiger partial charge >= 0.3 is 5.97 Å². The van der Waals surface area contributed by atoms with Gasteiger partial charge in [-0.2, -0.15) is 0 Å². The molecule has 0 unspecified atom stereocenters. The number of ether oxygens (including phenoxy) is 1. The smallest absolute Gasteiger partial charge is 0.336 e. The summed E-state index contributed by atoms with van der Waals surface area (Å²) < 4.78 is 5.15. The molecule has 2 rings (SSSR count). The fraction of sp³-hybridized carbons (Fsp3) is 0.214. The second-order valence-electron chi connectivity index (χ2n) is 4.14. The molecule has 0 radical (unpaired) electrons. The number of hydrogen-bond donors (Lipinski definition) is 2. The van der Waals surface area contributed by atoms with Crippen LogP contribution in [0, 0.1) is 6.92 Å². The molecule has 0 saturated heterocycles. The zero-order valence-corrected chi connectivity index (χ0v) is 11.6. The number of nitrogens with one attached hydrogen (secondary N) is 1. The molecule has 2 N–H and O–H groups in total. The minimum Gasteiger partial charge on any atom is -0.497 e. The van der Waals surface area contributed by atoms with Gasteiger partial charge < -0.3 is 15.2 Å². The Hall–Kier alpha value is -2.01. The van der Waals surface area contributed by atoms with Gasteiger partial charge in [0.05, 0.1) is 12.7 Å². The van der Waals surface area contributed by atoms with Gasteiger partial charge in [0.2, 0.25) is 0 Å². The Morgan fingerprint density at radius 3 is 2.79 bits per heavy atom. The highest BCUT2D eigenvalue weighted by Crippen LogP contribution is 2.22. The molecule has 0 aliphatic heterocycles. The van der Waals surface area contributed by atoms with Crippen LogP contribution < -0.4 is 10.1 Å². The fourth-order valence-electron chi connectivity index (χ4n) is 1.73. The molecule has 1 aromatic carbocycles. The summed E-state index contributed by atoms with van der Waals surface area (Å²) in [5.41, 5.74) is 2.45. The van der Waals surface area contributed by atoms with Crippen molar-refractivity contribution in [3.8, 4) is 5.75 Å². The number of anilines is 1. The first-order chi connectivity index (χ1) is 9.10. The molecule has 0 amide bonds. The Bertz CT molecular complexity index is 592. The van der Waals surface area contributed by atoms with Crippen molar-refractivity contribution in [2.75, 3.05) is 12.4 Å². The topological polar surface area (TPSA) is 58.6 Å². The predicted molar refractivity (Wildman–Crippen MR) is 76.3 cm³/mol. The first kappa shape index (κ1) is 13.4. The molecule has 0 saturated carbocycles. The van der Waals surface area contributed by atoms with E-state index < -0.39 is 5.97 Å². The Labute approximate surface area is 115 Å². The van der Waals surface area contributed by atoms with Crippen molar-refractivity contribution in [1.82, 2.24) is 0 Å². The van der Waals surface area contributed by atoms with Gasteiger partial charge in [0.15, 0.2) is 0 Å². The van der Waals surface area contributed by atoms with Crippen molar-refractivity contribution in [2.24, 2.45) is 0 Å². The summed E-state index contributed by atoms with van der Waals surface area (Å²) in [7, 11) is 1.64. The van der Waals surface area contributed by atoms with Crippen LogP contribution >= 0.6 is 11.3 Å². The van der Waals surface area contributed by atoms with Crippen LogP contribution in [0.1, 0.15) is 20.8 Å². The Balaban J connectivity index is 2.03. The van der Waals surface area contributed by atoms with E-state index in [4.69, 9.17) is 9.84 Å². The molecule has 100 valence electrons. The summed E-state index contributed by atoms with van der Waals surface area (Å²) in [6.45, 7) is 2.62. The van der Waals surface area contributed by atoms with Crippen molar-refractivity contribution in [3.63, 3.8) is 0 Å². The normalized spacial score (nSPS) is 10.2. The third kappa shape index (κ3) is 3.26. The number of carboxylic acid groups (broad SMARTS) is 1. The van der Waals surface area contributed by atoms with Gasteiger partial charge in [-0.3, -0.25) is 0 Å². The number of aromatic carboxylic acids is 1. The van der Waals surface area contributed by atoms with Gasteiger partial charge in [0.25, 0.3) is 0 Å². The summed E-state index contributed by atoms with van der Waals surface area (Å²) >= 11 is 1.44. The van der Waals surface area contributed by atoms with E-state index in [1.54, 1.807) is 18.6 Å². The van der Waals surface area contributed by atoms with E-state index in [2.05, 4.69) is 5.32 Å². The Kier molecular flexibility index (Phi) is 4.06. The number of hydrogen-bond acceptors (Lipinski definition) is 4. The molecule has 1 aromatic heterocycles. The highest BCUT2D eigenvalue weighted by molar-refractivity contribution is 7.10. The lowest BCUT2D eigenvalue weighted by atomic mass is 10.2. The van der Waals surface area contributed by atoms with Gasteiger partial charge in [0.1, 0.15) is 5.75 Å². The maximum atomic E-state index is 10.8. The van der Waals surface area contributed by atoms with E-state index in [0.29, 0.717) is 12.1 Å². The van der Waals surface area contributed by atoms with Gasteiger partial charge in [-0.25, -0.2) is 4.79 Å². The zero-order chi connectivity index (χ0) is 13.8. The summed E-state index contributed by atoms with van der Waals surface area (Å²) in [5.74, 6) is -0.0598. The summed E-state index contributed by atoms with van der Waals surface area (Å²) in [6.07, 6.45) is 0. The first-order valence-electron chi connectivity index (χ1n) is 5.79. The molecular weight excluding hydrogens is 262 g/mol. The molecule has 19 heavy (non-hydrogen) atoms. The molecule has 0 bridgehead atoms. The fourth-order valence-corrected chi connectivity index (χ4v) is 2.53. The number of thiophene rings is 1. The lowest BCUT2D eigenvalue weighted by molar-refractivity contribution is 0.0697. The number of carboxylic acids is 1. The van der Waals surface area contributed by atoms with Crippen LogP contribution in [0.15, 0.2) is 29.6 Å². The lowest BCUT2D eigenvalue weighted by Crippen LogP contribution is -2.00. The van der Waals surface area contributed by atoms with Crippen molar-refractivity contribution >= 4 is 23.0 Å². The van der Waals surface area contributed by atoms with E-state index in [0.717, 1.165) is 21.9 Å². The molecule has 0 fully saturated rings. The SMILES string of the molecule is COc1ccc(NCc2cc(C(=O)O)cs2)c(C)c1. The van der Waals surface area contributed by atoms with Crippen LogP contribution in [0.2, 0.25) is 0 Å². The highest BCUT2D eigenvalue weighted by atomic mass is 32.1. The van der Waals surface area contributed by atoms with Crippen LogP contribution in [0.5, 0.6) is 5.75 Å². The van der Waals surface area contributed by atoms with E-state index in [9.17, 15) is 4.79 Å². The quantitative estimate of drug-likeness (QED) is 0.879. The summed E-state index contributed by atoms with van der Waals surface area (Å²) in [6, 6.07) is 7.50. The number of methoxy groups -OCH3 is 1. The van der Waals surface area contributed by atoms with Crippen molar-refractivity contribution < 1.29 is 14.6 Å². The largest absolute Gasteiger partial charge is 0.497 e. The maximum Gasteiger partial charge on any atom is 0.336 e. The van der Waals surface area contributed by atoms with E-state index in [-0.39, 0.29) is 0 Å². The Morgan fingerprint density at radius 1 is 1.42 bits per heavy atom. The second-order valence-corrected chi connectivity index (χ2v) is 5.14. The molecule has 1 heterocycles. The van der Waals surface area contributed by atoms with Crippen LogP contribution in [0.3, 0.4) is 0 Å². The predicted octanol–water partition coefficient (Wildman–Crippen LogP) is 3.38. The number of rotatable bonds is 5. The Morgan fingerprint density at radius 2 is 2.21 bits per heavy atom. The standard InChI is InChI=1S/C14H15NO3S/c1-9-5-11(18-2)3-4-13(9)15-7-12-6-10(8-19-12)14(16)17/h3-6,8,15H,7H2,1-2H3,(H,16,17). The average Bonchev–Trinajstić information content (AvgIpc) is 2.86. The molecular formula is C14H15NO3S. The zero-order valence-electron chi connectivity index (χ0n) is 10.8. The summed E-state index contributed by atoms with van der Waals surface area (Å²) in [4.78, 5) is 11.8. The van der Waals surface area contributed by atoms with Gasteiger partial charge in [-0.05, 0) is 36.8 Å². The molecule has 4 nitrogen and oxygen atoms in total. The molecule has 0 aliphatic carbocycles. The lowest BCUT2D eigenvalue weighted by Gasteiger charge is -2.09. The average molecular weight is 277 g/mol. The third-order valence-corrected chi connectivity index (χ3v) is 3.72. The molecule has 5 heteroatoms. The highest BCUT2D eigenvalue weighted by Gasteiger charge is 2.07. The molecule has 0 spiro atoms. The minimum absolute atomic E-state index is 0.341. The van der Waals surface area contributed by atoms with E-state index in [1.165, 1.54) is 11.3 Å². The van der Waals surface area contributed by atoms with Gasteiger partial charge in [-0.1, -0.05) is 0 Å². The summed E-state index contributed by atoms with van der Waals surface area (Å²) in [5, 5.41) is 13.8. The minimum atomic E-state index is -0.886. The maximum absolute atomic E-state index is 10.8. The monoisotopic (exact) mass is 277 g/mol. The molecule has 0 aliphatic rings. The van der Waals surface area contributed by atoms with Crippen molar-refractivity contribution in [2.45, 2.75) is 13.5 Å². The van der Waals surface area contributed by atoms with Crippen molar-refractivity contribution in [3.05, 3.63) is 45.6 Å². The van der Waals surface area contributed by atoms with E-state index >= 15 is 0 Å². The second kappa shape index (κ2) is 5.75. The van der Waals surface area contributed by atoms with Crippen LogP contribution in [-0.2, 0) is 6.54 Å².